The zero-order valence-electron chi connectivity index (χ0n) is 22.3. The van der Waals surface area contributed by atoms with Crippen LogP contribution in [0.25, 0.3) is 67.0 Å². The highest BCUT2D eigenvalue weighted by Crippen LogP contribution is 2.51. The van der Waals surface area contributed by atoms with Gasteiger partial charge in [0.25, 0.3) is 0 Å². The fourth-order valence-corrected chi connectivity index (χ4v) is 6.25. The summed E-state index contributed by atoms with van der Waals surface area (Å²) in [4.78, 5) is 10.0. The molecule has 40 heavy (non-hydrogen) atoms. The van der Waals surface area contributed by atoms with Gasteiger partial charge in [0.15, 0.2) is 5.82 Å². The number of rotatable bonds is 3. The Kier molecular flexibility index (Phi) is 4.86. The van der Waals surface area contributed by atoms with Crippen molar-refractivity contribution in [2.24, 2.45) is 0 Å². The highest BCUT2D eigenvalue weighted by atomic mass is 16.3. The van der Waals surface area contributed by atoms with E-state index < -0.39 is 0 Å². The summed E-state index contributed by atoms with van der Waals surface area (Å²) in [7, 11) is 0. The van der Waals surface area contributed by atoms with Crippen LogP contribution in [-0.4, -0.2) is 9.97 Å². The monoisotopic (exact) mass is 514 g/mol. The number of fused-ring (bicyclic) bond motifs is 6. The molecule has 0 bridgehead atoms. The number of hydrogen-bond acceptors (Lipinski definition) is 3. The minimum atomic E-state index is -0.0796. The summed E-state index contributed by atoms with van der Waals surface area (Å²) in [5.74, 6) is 0.697. The van der Waals surface area contributed by atoms with Crippen LogP contribution in [0, 0.1) is 0 Å². The third-order valence-electron chi connectivity index (χ3n) is 8.30. The summed E-state index contributed by atoms with van der Waals surface area (Å²) < 4.78 is 6.69. The maximum atomic E-state index is 6.69. The molecule has 0 atom stereocenters. The molecule has 0 spiro atoms. The molecule has 5 aromatic carbocycles. The predicted octanol–water partition coefficient (Wildman–Crippen LogP) is 9.68. The Hall–Kier alpha value is -5.02. The zero-order valence-corrected chi connectivity index (χ0v) is 22.3. The predicted molar refractivity (Wildman–Crippen MR) is 163 cm³/mol. The number of nitrogens with zero attached hydrogens (tertiary/aromatic N) is 2. The Balaban J connectivity index is 1.37. The molecule has 8 rings (SSSR count). The highest BCUT2D eigenvalue weighted by molar-refractivity contribution is 6.11. The number of para-hydroxylation sites is 1. The molecule has 1 aliphatic rings. The molecular weight excluding hydrogens is 488 g/mol. The van der Waals surface area contributed by atoms with Gasteiger partial charge in [-0.2, -0.15) is 0 Å². The number of hydrogen-bond donors (Lipinski definition) is 0. The first kappa shape index (κ1) is 22.9. The van der Waals surface area contributed by atoms with E-state index >= 15 is 0 Å². The summed E-state index contributed by atoms with van der Waals surface area (Å²) in [6, 6.07) is 42.2. The van der Waals surface area contributed by atoms with E-state index in [2.05, 4.69) is 98.8 Å². The maximum Gasteiger partial charge on any atom is 0.160 e. The fraction of sp³-hybridized carbons (Fsp3) is 0.0811. The fourth-order valence-electron chi connectivity index (χ4n) is 6.25. The van der Waals surface area contributed by atoms with Crippen LogP contribution >= 0.6 is 0 Å². The van der Waals surface area contributed by atoms with Crippen LogP contribution in [0.3, 0.4) is 0 Å². The van der Waals surface area contributed by atoms with E-state index in [4.69, 9.17) is 14.4 Å². The molecule has 0 N–H and O–H groups in total. The molecule has 0 fully saturated rings. The van der Waals surface area contributed by atoms with Crippen molar-refractivity contribution in [3.05, 3.63) is 132 Å². The van der Waals surface area contributed by atoms with Gasteiger partial charge in [-0.15, -0.1) is 0 Å². The molecule has 3 nitrogen and oxygen atoms in total. The van der Waals surface area contributed by atoms with Crippen LogP contribution in [0.15, 0.2) is 126 Å². The largest absolute Gasteiger partial charge is 0.455 e. The molecular formula is C37H26N2O. The van der Waals surface area contributed by atoms with E-state index in [1.807, 2.05) is 36.4 Å². The first-order chi connectivity index (χ1) is 19.6. The van der Waals surface area contributed by atoms with E-state index in [9.17, 15) is 0 Å². The quantitative estimate of drug-likeness (QED) is 0.236. The molecule has 0 radical (unpaired) electrons. The van der Waals surface area contributed by atoms with Crippen LogP contribution in [-0.2, 0) is 5.41 Å². The van der Waals surface area contributed by atoms with Crippen molar-refractivity contribution in [1.82, 2.24) is 9.97 Å². The van der Waals surface area contributed by atoms with E-state index in [0.717, 1.165) is 50.0 Å². The van der Waals surface area contributed by atoms with Gasteiger partial charge in [0.05, 0.1) is 11.4 Å². The van der Waals surface area contributed by atoms with E-state index in [1.54, 1.807) is 0 Å². The van der Waals surface area contributed by atoms with Crippen LogP contribution in [0.4, 0.5) is 0 Å². The first-order valence-corrected chi connectivity index (χ1v) is 13.7. The van der Waals surface area contributed by atoms with E-state index in [1.165, 1.54) is 22.3 Å². The van der Waals surface area contributed by atoms with E-state index in [0.29, 0.717) is 5.82 Å². The highest BCUT2D eigenvalue weighted by Gasteiger charge is 2.36. The van der Waals surface area contributed by atoms with Crippen molar-refractivity contribution in [2.75, 3.05) is 0 Å². The Bertz CT molecular complexity index is 2010. The molecule has 0 saturated heterocycles. The lowest BCUT2D eigenvalue weighted by molar-refractivity contribution is 0.647. The summed E-state index contributed by atoms with van der Waals surface area (Å²) >= 11 is 0. The van der Waals surface area contributed by atoms with Crippen molar-refractivity contribution in [3.8, 4) is 45.0 Å². The first-order valence-electron chi connectivity index (χ1n) is 13.7. The summed E-state index contributed by atoms with van der Waals surface area (Å²) in [5, 5.41) is 2.22. The topological polar surface area (TPSA) is 38.9 Å². The molecule has 0 unspecified atom stereocenters. The van der Waals surface area contributed by atoms with Gasteiger partial charge in [0, 0.05) is 32.9 Å². The molecule has 0 amide bonds. The molecule has 190 valence electrons. The molecule has 7 aromatic rings. The van der Waals surface area contributed by atoms with Crippen LogP contribution in [0.5, 0.6) is 0 Å². The van der Waals surface area contributed by atoms with Gasteiger partial charge in [-0.05, 0) is 46.5 Å². The molecule has 1 aliphatic carbocycles. The average Bonchev–Trinajstić information content (AvgIpc) is 3.49. The Morgan fingerprint density at radius 3 is 2.00 bits per heavy atom. The van der Waals surface area contributed by atoms with Gasteiger partial charge in [-0.3, -0.25) is 0 Å². The van der Waals surface area contributed by atoms with Gasteiger partial charge >= 0.3 is 0 Å². The lowest BCUT2D eigenvalue weighted by Gasteiger charge is -2.21. The van der Waals surface area contributed by atoms with Gasteiger partial charge in [-0.25, -0.2) is 9.97 Å². The molecule has 3 heteroatoms. The van der Waals surface area contributed by atoms with E-state index in [-0.39, 0.29) is 5.41 Å². The van der Waals surface area contributed by atoms with Crippen LogP contribution in [0.1, 0.15) is 25.0 Å². The van der Waals surface area contributed by atoms with Gasteiger partial charge in [0.2, 0.25) is 0 Å². The van der Waals surface area contributed by atoms with Crippen molar-refractivity contribution in [3.63, 3.8) is 0 Å². The van der Waals surface area contributed by atoms with Gasteiger partial charge < -0.3 is 4.42 Å². The molecule has 2 heterocycles. The minimum Gasteiger partial charge on any atom is -0.455 e. The second-order valence-electron chi connectivity index (χ2n) is 11.0. The Morgan fingerprint density at radius 1 is 0.525 bits per heavy atom. The second kappa shape index (κ2) is 8.49. The summed E-state index contributed by atoms with van der Waals surface area (Å²) in [5.41, 5.74) is 11.7. The molecule has 0 saturated carbocycles. The number of aromatic nitrogens is 2. The average molecular weight is 515 g/mol. The third kappa shape index (κ3) is 3.37. The Labute approximate surface area is 232 Å². The minimum absolute atomic E-state index is 0.0796. The lowest BCUT2D eigenvalue weighted by atomic mass is 9.82. The van der Waals surface area contributed by atoms with Gasteiger partial charge in [0.1, 0.15) is 11.2 Å². The maximum absolute atomic E-state index is 6.69. The second-order valence-corrected chi connectivity index (χ2v) is 11.0. The van der Waals surface area contributed by atoms with Crippen molar-refractivity contribution < 1.29 is 4.42 Å². The summed E-state index contributed by atoms with van der Waals surface area (Å²) in [6.07, 6.45) is 0. The lowest BCUT2D eigenvalue weighted by Crippen LogP contribution is -2.14. The normalized spacial score (nSPS) is 13.4. The third-order valence-corrected chi connectivity index (χ3v) is 8.30. The number of furan rings is 1. The van der Waals surface area contributed by atoms with Crippen molar-refractivity contribution >= 4 is 21.9 Å². The van der Waals surface area contributed by atoms with Gasteiger partial charge in [-0.1, -0.05) is 111 Å². The molecule has 2 aromatic heterocycles. The van der Waals surface area contributed by atoms with Crippen LogP contribution in [0.2, 0.25) is 0 Å². The zero-order chi connectivity index (χ0) is 26.8. The standard InChI is InChI=1S/C37H26N2O/c1-37(2)30-19-10-9-16-25(30)28-20-29-26-17-11-18-27(35(26)40-34(29)21-31(28)37)33-22-32(23-12-5-3-6-13-23)38-36(39-33)24-14-7-4-8-15-24/h3-22H,1-2H3. The smallest absolute Gasteiger partial charge is 0.160 e. The Morgan fingerprint density at radius 2 is 1.20 bits per heavy atom. The SMILES string of the molecule is CC1(C)c2ccccc2-c2cc3c(cc21)oc1c(-c2cc(-c4ccccc4)nc(-c4ccccc4)n2)cccc13. The summed E-state index contributed by atoms with van der Waals surface area (Å²) in [6.45, 7) is 4.60. The number of benzene rings is 5. The van der Waals surface area contributed by atoms with Crippen molar-refractivity contribution in [1.29, 1.82) is 0 Å². The molecule has 0 aliphatic heterocycles. The van der Waals surface area contributed by atoms with Crippen molar-refractivity contribution in [2.45, 2.75) is 19.3 Å². The van der Waals surface area contributed by atoms with Crippen LogP contribution < -0.4 is 0 Å².